The lowest BCUT2D eigenvalue weighted by Gasteiger charge is -2.28. The third-order valence-electron chi connectivity index (χ3n) is 6.68. The van der Waals surface area contributed by atoms with Gasteiger partial charge in [-0.1, -0.05) is 69.8 Å². The van der Waals surface area contributed by atoms with E-state index in [9.17, 15) is 0 Å². The Bertz CT molecular complexity index is 348. The van der Waals surface area contributed by atoms with Crippen LogP contribution >= 0.6 is 0 Å². The SMILES string of the molecule is C/C=C/CC[C@H]1CC[C@H](/C=C/CC[C@H]2CC[C@H](CCC)CC2)CC1. The highest BCUT2D eigenvalue weighted by molar-refractivity contribution is 4.92. The van der Waals surface area contributed by atoms with E-state index < -0.39 is 0 Å². The molecule has 24 heavy (non-hydrogen) atoms. The lowest BCUT2D eigenvalue weighted by Crippen LogP contribution is -2.14. The van der Waals surface area contributed by atoms with Crippen molar-refractivity contribution in [1.29, 1.82) is 0 Å². The Hall–Kier alpha value is -0.520. The monoisotopic (exact) mass is 330 g/mol. The van der Waals surface area contributed by atoms with Crippen LogP contribution in [-0.2, 0) is 0 Å². The number of hydrogen-bond donors (Lipinski definition) is 0. The van der Waals surface area contributed by atoms with E-state index in [1.807, 2.05) is 0 Å². The second-order valence-corrected chi connectivity index (χ2v) is 8.61. The normalized spacial score (nSPS) is 31.9. The van der Waals surface area contributed by atoms with Gasteiger partial charge < -0.3 is 0 Å². The third-order valence-corrected chi connectivity index (χ3v) is 6.68. The van der Waals surface area contributed by atoms with E-state index in [1.165, 1.54) is 89.9 Å². The van der Waals surface area contributed by atoms with Gasteiger partial charge in [0.05, 0.1) is 0 Å². The Morgan fingerprint density at radius 1 is 0.667 bits per heavy atom. The van der Waals surface area contributed by atoms with Crippen LogP contribution in [-0.4, -0.2) is 0 Å². The fourth-order valence-electron chi connectivity index (χ4n) is 5.01. The van der Waals surface area contributed by atoms with E-state index >= 15 is 0 Å². The molecule has 0 unspecified atom stereocenters. The highest BCUT2D eigenvalue weighted by atomic mass is 14.3. The van der Waals surface area contributed by atoms with Gasteiger partial charge in [-0.3, -0.25) is 0 Å². The molecule has 0 heterocycles. The van der Waals surface area contributed by atoms with Crippen LogP contribution in [0.5, 0.6) is 0 Å². The lowest BCUT2D eigenvalue weighted by molar-refractivity contribution is 0.253. The van der Waals surface area contributed by atoms with Crippen molar-refractivity contribution in [3.05, 3.63) is 24.3 Å². The van der Waals surface area contributed by atoms with Gasteiger partial charge in [0, 0.05) is 0 Å². The van der Waals surface area contributed by atoms with Gasteiger partial charge in [0.1, 0.15) is 0 Å². The molecule has 0 atom stereocenters. The van der Waals surface area contributed by atoms with Crippen LogP contribution < -0.4 is 0 Å². The van der Waals surface area contributed by atoms with Crippen LogP contribution in [0.15, 0.2) is 24.3 Å². The average Bonchev–Trinajstić information content (AvgIpc) is 2.62. The Labute approximate surface area is 152 Å². The highest BCUT2D eigenvalue weighted by Gasteiger charge is 2.20. The molecule has 0 aromatic carbocycles. The third kappa shape index (κ3) is 7.58. The van der Waals surface area contributed by atoms with Crippen LogP contribution in [0.25, 0.3) is 0 Å². The van der Waals surface area contributed by atoms with Crippen LogP contribution in [0.2, 0.25) is 0 Å². The molecule has 0 saturated heterocycles. The largest absolute Gasteiger partial charge is 0.0917 e. The maximum Gasteiger partial charge on any atom is -0.0233 e. The molecule has 0 amide bonds. The number of rotatable bonds is 9. The maximum atomic E-state index is 2.57. The summed E-state index contributed by atoms with van der Waals surface area (Å²) in [5.41, 5.74) is 0. The minimum Gasteiger partial charge on any atom is -0.0917 e. The van der Waals surface area contributed by atoms with E-state index in [0.29, 0.717) is 0 Å². The molecule has 0 spiro atoms. The second kappa shape index (κ2) is 11.9. The molecule has 0 nitrogen and oxygen atoms in total. The summed E-state index contributed by atoms with van der Waals surface area (Å²) in [5.74, 6) is 3.99. The summed E-state index contributed by atoms with van der Waals surface area (Å²) in [7, 11) is 0. The molecule has 0 heteroatoms. The Morgan fingerprint density at radius 2 is 1.17 bits per heavy atom. The predicted octanol–water partition coefficient (Wildman–Crippen LogP) is 8.09. The van der Waals surface area contributed by atoms with Crippen LogP contribution in [0.4, 0.5) is 0 Å². The van der Waals surface area contributed by atoms with E-state index in [0.717, 1.165) is 23.7 Å². The Morgan fingerprint density at radius 3 is 1.71 bits per heavy atom. The Kier molecular flexibility index (Phi) is 9.85. The summed E-state index contributed by atoms with van der Waals surface area (Å²) in [4.78, 5) is 0. The molecule has 0 bridgehead atoms. The van der Waals surface area contributed by atoms with Crippen molar-refractivity contribution in [3.63, 3.8) is 0 Å². The second-order valence-electron chi connectivity index (χ2n) is 8.61. The molecular formula is C24H42. The van der Waals surface area contributed by atoms with E-state index in [-0.39, 0.29) is 0 Å². The quantitative estimate of drug-likeness (QED) is 0.375. The van der Waals surface area contributed by atoms with Crippen LogP contribution in [0.3, 0.4) is 0 Å². The molecule has 2 rings (SSSR count). The molecule has 0 aromatic rings. The Balaban J connectivity index is 1.52. The summed E-state index contributed by atoms with van der Waals surface area (Å²) < 4.78 is 0. The van der Waals surface area contributed by atoms with Gasteiger partial charge in [0.25, 0.3) is 0 Å². The standard InChI is InChI=1S/C24H42/c1-3-5-6-10-22-17-19-24(20-18-22)12-8-7-11-23-15-13-21(9-4-2)14-16-23/h3,5,8,12,21-24H,4,6-7,9-11,13-20H2,1-2H3/b5-3+,12-8+/t21-,22-,23-,24-. The summed E-state index contributed by atoms with van der Waals surface area (Å²) in [6.07, 6.45) is 29.9. The summed E-state index contributed by atoms with van der Waals surface area (Å²) in [6, 6.07) is 0. The zero-order valence-corrected chi connectivity index (χ0v) is 16.5. The maximum absolute atomic E-state index is 2.57. The van der Waals surface area contributed by atoms with E-state index in [1.54, 1.807) is 0 Å². The van der Waals surface area contributed by atoms with Gasteiger partial charge in [0.2, 0.25) is 0 Å². The first kappa shape index (κ1) is 19.8. The molecular weight excluding hydrogens is 288 g/mol. The summed E-state index contributed by atoms with van der Waals surface area (Å²) in [5, 5.41) is 0. The first-order valence-electron chi connectivity index (χ1n) is 11.1. The van der Waals surface area contributed by atoms with Gasteiger partial charge >= 0.3 is 0 Å². The molecule has 0 aliphatic heterocycles. The molecule has 0 aromatic heterocycles. The van der Waals surface area contributed by atoms with Gasteiger partial charge in [0.15, 0.2) is 0 Å². The fourth-order valence-corrected chi connectivity index (χ4v) is 5.01. The lowest BCUT2D eigenvalue weighted by atomic mass is 9.78. The molecule has 2 aliphatic carbocycles. The minimum atomic E-state index is 0.892. The van der Waals surface area contributed by atoms with Gasteiger partial charge in [-0.15, -0.1) is 0 Å². The van der Waals surface area contributed by atoms with Gasteiger partial charge in [-0.25, -0.2) is 0 Å². The zero-order valence-electron chi connectivity index (χ0n) is 16.5. The molecule has 2 aliphatic rings. The predicted molar refractivity (Wildman–Crippen MR) is 108 cm³/mol. The van der Waals surface area contributed by atoms with Crippen molar-refractivity contribution in [1.82, 2.24) is 0 Å². The smallest absolute Gasteiger partial charge is 0.0233 e. The first-order chi connectivity index (χ1) is 11.8. The van der Waals surface area contributed by atoms with Crippen molar-refractivity contribution >= 4 is 0 Å². The number of allylic oxidation sites excluding steroid dienone is 4. The minimum absolute atomic E-state index is 0.892. The van der Waals surface area contributed by atoms with E-state index in [4.69, 9.17) is 0 Å². The van der Waals surface area contributed by atoms with Crippen molar-refractivity contribution in [2.45, 2.75) is 104 Å². The van der Waals surface area contributed by atoms with Crippen molar-refractivity contribution in [3.8, 4) is 0 Å². The molecule has 2 saturated carbocycles. The fraction of sp³-hybridized carbons (Fsp3) is 0.833. The topological polar surface area (TPSA) is 0 Å². The average molecular weight is 331 g/mol. The molecule has 0 N–H and O–H groups in total. The zero-order chi connectivity index (χ0) is 17.0. The van der Waals surface area contributed by atoms with E-state index in [2.05, 4.69) is 38.2 Å². The summed E-state index contributed by atoms with van der Waals surface area (Å²) in [6.45, 7) is 4.48. The molecule has 138 valence electrons. The highest BCUT2D eigenvalue weighted by Crippen LogP contribution is 2.35. The van der Waals surface area contributed by atoms with Crippen LogP contribution in [0, 0.1) is 23.7 Å². The van der Waals surface area contributed by atoms with Gasteiger partial charge in [-0.2, -0.15) is 0 Å². The van der Waals surface area contributed by atoms with Crippen molar-refractivity contribution < 1.29 is 0 Å². The molecule has 2 fully saturated rings. The molecule has 0 radical (unpaired) electrons. The van der Waals surface area contributed by atoms with Crippen LogP contribution in [0.1, 0.15) is 104 Å². The van der Waals surface area contributed by atoms with Crippen molar-refractivity contribution in [2.75, 3.05) is 0 Å². The van der Waals surface area contributed by atoms with Crippen molar-refractivity contribution in [2.24, 2.45) is 23.7 Å². The summed E-state index contributed by atoms with van der Waals surface area (Å²) >= 11 is 0. The number of hydrogen-bond acceptors (Lipinski definition) is 0. The first-order valence-corrected chi connectivity index (χ1v) is 11.1. The van der Waals surface area contributed by atoms with Gasteiger partial charge in [-0.05, 0) is 82.0 Å².